The number of nitrogens with one attached hydrogen (secondary N) is 1. The van der Waals surface area contributed by atoms with Crippen molar-refractivity contribution >= 4 is 19.5 Å². The molecule has 1 aromatic heterocycles. The highest BCUT2D eigenvalue weighted by atomic mass is 31.2. The normalized spacial score (nSPS) is 12.5. The van der Waals surface area contributed by atoms with E-state index in [0.717, 1.165) is 0 Å². The summed E-state index contributed by atoms with van der Waals surface area (Å²) >= 11 is 0. The molecule has 0 aliphatic heterocycles. The summed E-state index contributed by atoms with van der Waals surface area (Å²) < 4.78 is 28.9. The SMILES string of the molecule is CC(C)OP(=O)(Cc1cnc(NC(=O)OC(C)(C)C)cn1)OC(C)C. The van der Waals surface area contributed by atoms with Crippen LogP contribution in [0.3, 0.4) is 0 Å². The van der Waals surface area contributed by atoms with Crippen LogP contribution in [0.2, 0.25) is 0 Å². The number of rotatable bonds is 7. The quantitative estimate of drug-likeness (QED) is 0.709. The highest BCUT2D eigenvalue weighted by Gasteiger charge is 2.29. The van der Waals surface area contributed by atoms with E-state index in [1.807, 2.05) is 0 Å². The van der Waals surface area contributed by atoms with Crippen molar-refractivity contribution in [1.82, 2.24) is 9.97 Å². The maximum absolute atomic E-state index is 12.8. The van der Waals surface area contributed by atoms with Crippen molar-refractivity contribution in [1.29, 1.82) is 0 Å². The van der Waals surface area contributed by atoms with Gasteiger partial charge in [0.15, 0.2) is 5.82 Å². The number of carbonyl (C=O) groups is 1. The molecule has 1 heterocycles. The van der Waals surface area contributed by atoms with E-state index in [1.54, 1.807) is 48.5 Å². The standard InChI is InChI=1S/C16H28N3O5P/c1-11(2)23-25(21,24-12(3)4)10-13-8-18-14(9-17-13)19-15(20)22-16(5,6)7/h8-9,11-12H,10H2,1-7H3,(H,18,19,20). The minimum atomic E-state index is -3.34. The van der Waals surface area contributed by atoms with Crippen LogP contribution in [0.4, 0.5) is 10.6 Å². The Morgan fingerprint density at radius 1 is 1.12 bits per heavy atom. The summed E-state index contributed by atoms with van der Waals surface area (Å²) in [5.74, 6) is 0.238. The number of nitrogens with zero attached hydrogens (tertiary/aromatic N) is 2. The zero-order chi connectivity index (χ0) is 19.3. The van der Waals surface area contributed by atoms with Crippen molar-refractivity contribution in [3.8, 4) is 0 Å². The van der Waals surface area contributed by atoms with Crippen LogP contribution >= 0.6 is 7.60 Å². The van der Waals surface area contributed by atoms with Gasteiger partial charge in [-0.25, -0.2) is 9.78 Å². The zero-order valence-corrected chi connectivity index (χ0v) is 16.8. The van der Waals surface area contributed by atoms with Crippen molar-refractivity contribution in [2.75, 3.05) is 5.32 Å². The molecule has 8 nitrogen and oxygen atoms in total. The van der Waals surface area contributed by atoms with E-state index in [1.165, 1.54) is 12.4 Å². The maximum Gasteiger partial charge on any atom is 0.413 e. The second-order valence-corrected chi connectivity index (χ2v) is 9.06. The number of amides is 1. The van der Waals surface area contributed by atoms with Crippen LogP contribution in [0.5, 0.6) is 0 Å². The van der Waals surface area contributed by atoms with Crippen molar-refractivity contribution < 1.29 is 23.1 Å². The number of carbonyl (C=O) groups excluding carboxylic acids is 1. The van der Waals surface area contributed by atoms with E-state index in [0.29, 0.717) is 5.69 Å². The molecule has 1 N–H and O–H groups in total. The molecule has 0 saturated carbocycles. The summed E-state index contributed by atoms with van der Waals surface area (Å²) in [5.41, 5.74) is -0.161. The molecule has 0 aliphatic rings. The van der Waals surface area contributed by atoms with Crippen molar-refractivity contribution in [3.63, 3.8) is 0 Å². The molecule has 0 atom stereocenters. The molecule has 0 fully saturated rings. The Bertz CT molecular complexity index is 597. The Hall–Kier alpha value is -1.50. The summed E-state index contributed by atoms with van der Waals surface area (Å²) in [5, 5.41) is 2.49. The predicted octanol–water partition coefficient (Wildman–Crippen LogP) is 4.37. The van der Waals surface area contributed by atoms with Gasteiger partial charge in [-0.1, -0.05) is 0 Å². The topological polar surface area (TPSA) is 99.6 Å². The molecule has 0 unspecified atom stereocenters. The van der Waals surface area contributed by atoms with E-state index >= 15 is 0 Å². The van der Waals surface area contributed by atoms with Crippen LogP contribution in [0, 0.1) is 0 Å². The fraction of sp³-hybridized carbons (Fsp3) is 0.688. The highest BCUT2D eigenvalue weighted by molar-refractivity contribution is 7.53. The first-order valence-electron chi connectivity index (χ1n) is 8.15. The van der Waals surface area contributed by atoms with Gasteiger partial charge in [0.2, 0.25) is 0 Å². The van der Waals surface area contributed by atoms with Crippen LogP contribution in [0.1, 0.15) is 54.2 Å². The molecular formula is C16H28N3O5P. The first-order chi connectivity index (χ1) is 11.4. The third-order valence-corrected chi connectivity index (χ3v) is 4.63. The summed E-state index contributed by atoms with van der Waals surface area (Å²) in [6.07, 6.45) is 1.69. The molecule has 0 radical (unpaired) electrons. The summed E-state index contributed by atoms with van der Waals surface area (Å²) in [7, 11) is -3.34. The van der Waals surface area contributed by atoms with Gasteiger partial charge in [0.05, 0.1) is 36.5 Å². The van der Waals surface area contributed by atoms with Gasteiger partial charge in [-0.3, -0.25) is 14.9 Å². The number of ether oxygens (including phenoxy) is 1. The van der Waals surface area contributed by atoms with Crippen LogP contribution < -0.4 is 5.32 Å². The van der Waals surface area contributed by atoms with Gasteiger partial charge in [-0.05, 0) is 48.5 Å². The summed E-state index contributed by atoms with van der Waals surface area (Å²) in [4.78, 5) is 19.9. The van der Waals surface area contributed by atoms with Gasteiger partial charge < -0.3 is 13.8 Å². The van der Waals surface area contributed by atoms with Crippen LogP contribution in [0.25, 0.3) is 0 Å². The molecule has 0 aliphatic carbocycles. The molecule has 25 heavy (non-hydrogen) atoms. The Morgan fingerprint density at radius 3 is 2.08 bits per heavy atom. The maximum atomic E-state index is 12.8. The zero-order valence-electron chi connectivity index (χ0n) is 15.9. The third-order valence-electron chi connectivity index (χ3n) is 2.43. The number of hydrogen-bond donors (Lipinski definition) is 1. The monoisotopic (exact) mass is 373 g/mol. The van der Waals surface area contributed by atoms with Gasteiger partial charge in [0.1, 0.15) is 5.60 Å². The van der Waals surface area contributed by atoms with E-state index in [4.69, 9.17) is 13.8 Å². The molecule has 1 amide bonds. The fourth-order valence-electron chi connectivity index (χ4n) is 1.85. The lowest BCUT2D eigenvalue weighted by Gasteiger charge is -2.22. The Balaban J connectivity index is 2.77. The fourth-order valence-corrected chi connectivity index (χ4v) is 3.89. The number of hydrogen-bond acceptors (Lipinski definition) is 7. The third kappa shape index (κ3) is 8.95. The van der Waals surface area contributed by atoms with E-state index < -0.39 is 19.3 Å². The summed E-state index contributed by atoms with van der Waals surface area (Å²) in [6, 6.07) is 0. The molecule has 9 heteroatoms. The second kappa shape index (κ2) is 8.74. The van der Waals surface area contributed by atoms with Crippen LogP contribution in [0.15, 0.2) is 12.4 Å². The van der Waals surface area contributed by atoms with E-state index in [-0.39, 0.29) is 24.2 Å². The van der Waals surface area contributed by atoms with Crippen molar-refractivity contribution in [2.45, 2.75) is 72.4 Å². The molecular weight excluding hydrogens is 345 g/mol. The average molecular weight is 373 g/mol. The van der Waals surface area contributed by atoms with Gasteiger partial charge in [-0.15, -0.1) is 0 Å². The first kappa shape index (κ1) is 21.5. The van der Waals surface area contributed by atoms with Crippen LogP contribution in [-0.4, -0.2) is 33.9 Å². The largest absolute Gasteiger partial charge is 0.444 e. The number of aromatic nitrogens is 2. The smallest absolute Gasteiger partial charge is 0.413 e. The predicted molar refractivity (Wildman–Crippen MR) is 95.6 cm³/mol. The summed E-state index contributed by atoms with van der Waals surface area (Å²) in [6.45, 7) is 12.4. The average Bonchev–Trinajstić information content (AvgIpc) is 2.36. The molecule has 0 saturated heterocycles. The molecule has 1 aromatic rings. The Kier molecular flexibility index (Phi) is 7.53. The second-order valence-electron chi connectivity index (χ2n) is 7.10. The number of anilines is 1. The minimum Gasteiger partial charge on any atom is -0.444 e. The lowest BCUT2D eigenvalue weighted by molar-refractivity contribution is 0.0635. The van der Waals surface area contributed by atoms with E-state index in [2.05, 4.69) is 15.3 Å². The highest BCUT2D eigenvalue weighted by Crippen LogP contribution is 2.53. The molecule has 0 spiro atoms. The Morgan fingerprint density at radius 2 is 1.68 bits per heavy atom. The van der Waals surface area contributed by atoms with Gasteiger partial charge in [0, 0.05) is 0 Å². The first-order valence-corrected chi connectivity index (χ1v) is 9.88. The lowest BCUT2D eigenvalue weighted by atomic mass is 10.2. The van der Waals surface area contributed by atoms with Crippen molar-refractivity contribution in [3.05, 3.63) is 18.1 Å². The lowest BCUT2D eigenvalue weighted by Crippen LogP contribution is -2.27. The Labute approximate surface area is 149 Å². The van der Waals surface area contributed by atoms with E-state index in [9.17, 15) is 9.36 Å². The molecule has 0 bridgehead atoms. The van der Waals surface area contributed by atoms with Gasteiger partial charge in [0.25, 0.3) is 0 Å². The molecule has 142 valence electrons. The molecule has 0 aromatic carbocycles. The molecule has 1 rings (SSSR count). The van der Waals surface area contributed by atoms with Crippen LogP contribution in [-0.2, 0) is 24.5 Å². The van der Waals surface area contributed by atoms with Gasteiger partial charge in [-0.2, -0.15) is 0 Å². The van der Waals surface area contributed by atoms with Gasteiger partial charge >= 0.3 is 13.7 Å². The van der Waals surface area contributed by atoms with Crippen molar-refractivity contribution in [2.24, 2.45) is 0 Å². The minimum absolute atomic E-state index is 0.00305.